The number of rotatable bonds is 2. The van der Waals surface area contributed by atoms with Gasteiger partial charge in [-0.3, -0.25) is 4.79 Å². The van der Waals surface area contributed by atoms with Crippen LogP contribution in [-0.2, 0) is 0 Å². The summed E-state index contributed by atoms with van der Waals surface area (Å²) in [6, 6.07) is 13.7. The van der Waals surface area contributed by atoms with E-state index >= 15 is 0 Å². The first-order valence-corrected chi connectivity index (χ1v) is 9.57. The molecule has 0 bridgehead atoms. The Morgan fingerprint density at radius 3 is 2.78 bits per heavy atom. The first-order chi connectivity index (χ1) is 13.2. The lowest BCUT2D eigenvalue weighted by Crippen LogP contribution is -2.31. The van der Waals surface area contributed by atoms with E-state index in [1.54, 1.807) is 0 Å². The number of H-pyrrole nitrogens is 1. The average Bonchev–Trinajstić information content (AvgIpc) is 3.33. The Labute approximate surface area is 161 Å². The molecule has 1 aromatic heterocycles. The van der Waals surface area contributed by atoms with E-state index in [0.717, 1.165) is 40.8 Å². The van der Waals surface area contributed by atoms with E-state index in [0.29, 0.717) is 30.5 Å². The molecule has 0 spiro atoms. The quantitative estimate of drug-likeness (QED) is 0.706. The molecule has 1 saturated heterocycles. The number of amides is 1. The predicted molar refractivity (Wildman–Crippen MR) is 104 cm³/mol. The van der Waals surface area contributed by atoms with E-state index in [1.165, 1.54) is 0 Å². The fourth-order valence-electron chi connectivity index (χ4n) is 4.02. The molecule has 6 heteroatoms. The minimum atomic E-state index is -0.0615. The van der Waals surface area contributed by atoms with Crippen LogP contribution in [0, 0.1) is 0 Å². The zero-order valence-electron chi connectivity index (χ0n) is 14.7. The topological polar surface area (TPSA) is 54.6 Å². The molecule has 138 valence electrons. The number of ether oxygens (including phenoxy) is 2. The molecule has 1 N–H and O–H groups in total. The number of aromatic nitrogens is 1. The van der Waals surface area contributed by atoms with Crippen molar-refractivity contribution in [1.82, 2.24) is 9.88 Å². The van der Waals surface area contributed by atoms with Crippen molar-refractivity contribution in [3.8, 4) is 11.5 Å². The molecule has 0 saturated carbocycles. The molecule has 1 amide bonds. The molecular weight excluding hydrogens is 364 g/mol. The summed E-state index contributed by atoms with van der Waals surface area (Å²) in [4.78, 5) is 18.4. The fraction of sp³-hybridized carbons (Fsp3) is 0.286. The summed E-state index contributed by atoms with van der Waals surface area (Å²) in [7, 11) is 0. The zero-order chi connectivity index (χ0) is 18.4. The third-order valence-electron chi connectivity index (χ3n) is 5.32. The Morgan fingerprint density at radius 2 is 1.93 bits per heavy atom. The molecule has 3 aromatic rings. The monoisotopic (exact) mass is 382 g/mol. The molecule has 2 aromatic carbocycles. The number of hydrogen-bond acceptors (Lipinski definition) is 3. The van der Waals surface area contributed by atoms with Crippen LogP contribution in [0.25, 0.3) is 10.9 Å². The van der Waals surface area contributed by atoms with Gasteiger partial charge in [0.1, 0.15) is 18.9 Å². The van der Waals surface area contributed by atoms with E-state index in [2.05, 4.69) is 4.98 Å². The number of carbonyl (C=O) groups is 1. The van der Waals surface area contributed by atoms with Gasteiger partial charge in [-0.2, -0.15) is 0 Å². The Morgan fingerprint density at radius 1 is 1.11 bits per heavy atom. The Kier molecular flexibility index (Phi) is 3.97. The number of nitrogens with one attached hydrogen (secondary N) is 1. The van der Waals surface area contributed by atoms with E-state index in [4.69, 9.17) is 21.1 Å². The summed E-state index contributed by atoms with van der Waals surface area (Å²) in [5.74, 6) is 1.45. The highest BCUT2D eigenvalue weighted by Gasteiger charge is 2.33. The smallest absolute Gasteiger partial charge is 0.272 e. The summed E-state index contributed by atoms with van der Waals surface area (Å²) < 4.78 is 11.3. The molecule has 0 aliphatic carbocycles. The first kappa shape index (κ1) is 16.5. The molecular formula is C21H19ClN2O3. The van der Waals surface area contributed by atoms with Crippen LogP contribution in [0.2, 0.25) is 5.02 Å². The number of carbonyl (C=O) groups excluding carboxylic acids is 1. The maximum absolute atomic E-state index is 13.3. The highest BCUT2D eigenvalue weighted by atomic mass is 35.5. The van der Waals surface area contributed by atoms with Crippen molar-refractivity contribution in [1.29, 1.82) is 0 Å². The number of nitrogens with zero attached hydrogens (tertiary/aromatic N) is 1. The van der Waals surface area contributed by atoms with Crippen LogP contribution in [0.15, 0.2) is 42.5 Å². The number of fused-ring (bicyclic) bond motifs is 2. The molecule has 0 radical (unpaired) electrons. The normalized spacial score (nSPS) is 18.9. The second-order valence-corrected chi connectivity index (χ2v) is 7.30. The van der Waals surface area contributed by atoms with Gasteiger partial charge >= 0.3 is 0 Å². The maximum atomic E-state index is 13.3. The van der Waals surface area contributed by atoms with E-state index in [9.17, 15) is 4.79 Å². The molecule has 3 heterocycles. The van der Waals surface area contributed by atoms with Gasteiger partial charge in [0.25, 0.3) is 5.91 Å². The molecule has 5 nitrogen and oxygen atoms in total. The van der Waals surface area contributed by atoms with Gasteiger partial charge < -0.3 is 19.4 Å². The molecule has 2 aliphatic heterocycles. The molecule has 27 heavy (non-hydrogen) atoms. The molecule has 5 rings (SSSR count). The van der Waals surface area contributed by atoms with Crippen LogP contribution in [0.4, 0.5) is 0 Å². The molecule has 1 atom stereocenters. The van der Waals surface area contributed by atoms with Gasteiger partial charge in [0.05, 0.1) is 11.1 Å². The van der Waals surface area contributed by atoms with E-state index in [1.807, 2.05) is 47.4 Å². The van der Waals surface area contributed by atoms with Gasteiger partial charge in [0.2, 0.25) is 0 Å². The summed E-state index contributed by atoms with van der Waals surface area (Å²) in [5, 5.41) is 1.36. The largest absolute Gasteiger partial charge is 0.486 e. The SMILES string of the molecule is O=C(c1[nH]c2ccccc2c1Cl)N1CCCC1c1ccc2c(c1)OCCO2. The second kappa shape index (κ2) is 6.50. The number of para-hydroxylation sites is 1. The molecule has 1 fully saturated rings. The van der Waals surface area contributed by atoms with Crippen LogP contribution in [0.1, 0.15) is 34.9 Å². The van der Waals surface area contributed by atoms with Gasteiger partial charge in [0, 0.05) is 17.4 Å². The summed E-state index contributed by atoms with van der Waals surface area (Å²) in [6.07, 6.45) is 1.88. The predicted octanol–water partition coefficient (Wildman–Crippen LogP) is 4.57. The average molecular weight is 383 g/mol. The number of benzene rings is 2. The zero-order valence-corrected chi connectivity index (χ0v) is 15.5. The summed E-state index contributed by atoms with van der Waals surface area (Å²) in [6.45, 7) is 1.83. The van der Waals surface area contributed by atoms with Crippen LogP contribution in [0.3, 0.4) is 0 Å². The third kappa shape index (κ3) is 2.73. The summed E-state index contributed by atoms with van der Waals surface area (Å²) in [5.41, 5.74) is 2.40. The van der Waals surface area contributed by atoms with Crippen molar-refractivity contribution >= 4 is 28.4 Å². The van der Waals surface area contributed by atoms with Crippen molar-refractivity contribution in [2.24, 2.45) is 0 Å². The minimum Gasteiger partial charge on any atom is -0.486 e. The lowest BCUT2D eigenvalue weighted by molar-refractivity contribution is 0.0730. The fourth-order valence-corrected chi connectivity index (χ4v) is 4.32. The second-order valence-electron chi connectivity index (χ2n) is 6.92. The Balaban J connectivity index is 1.48. The van der Waals surface area contributed by atoms with Crippen LogP contribution < -0.4 is 9.47 Å². The van der Waals surface area contributed by atoms with Gasteiger partial charge in [-0.15, -0.1) is 0 Å². The van der Waals surface area contributed by atoms with Crippen molar-refractivity contribution in [2.75, 3.05) is 19.8 Å². The summed E-state index contributed by atoms with van der Waals surface area (Å²) >= 11 is 6.50. The van der Waals surface area contributed by atoms with Crippen molar-refractivity contribution in [3.05, 3.63) is 58.7 Å². The number of halogens is 1. The third-order valence-corrected chi connectivity index (χ3v) is 5.71. The van der Waals surface area contributed by atoms with Crippen molar-refractivity contribution < 1.29 is 14.3 Å². The minimum absolute atomic E-state index is 0.0100. The Bertz CT molecular complexity index is 1030. The molecule has 2 aliphatic rings. The van der Waals surface area contributed by atoms with Crippen LogP contribution in [-0.4, -0.2) is 35.5 Å². The first-order valence-electron chi connectivity index (χ1n) is 9.19. The van der Waals surface area contributed by atoms with Gasteiger partial charge in [0.15, 0.2) is 11.5 Å². The lowest BCUT2D eigenvalue weighted by Gasteiger charge is -2.26. The van der Waals surface area contributed by atoms with Gasteiger partial charge in [-0.25, -0.2) is 0 Å². The number of aromatic amines is 1. The highest BCUT2D eigenvalue weighted by molar-refractivity contribution is 6.38. The van der Waals surface area contributed by atoms with E-state index in [-0.39, 0.29) is 11.9 Å². The standard InChI is InChI=1S/C21H19ClN2O3/c22-19-14-4-1-2-5-15(14)23-20(19)21(25)24-9-3-6-16(24)13-7-8-17-18(12-13)27-11-10-26-17/h1-2,4-5,7-8,12,16,23H,3,6,9-11H2. The van der Waals surface area contributed by atoms with Gasteiger partial charge in [-0.05, 0) is 36.6 Å². The number of likely N-dealkylation sites (tertiary alicyclic amines) is 1. The molecule has 1 unspecified atom stereocenters. The van der Waals surface area contributed by atoms with Crippen molar-refractivity contribution in [3.63, 3.8) is 0 Å². The lowest BCUT2D eigenvalue weighted by atomic mass is 10.0. The van der Waals surface area contributed by atoms with E-state index < -0.39 is 0 Å². The van der Waals surface area contributed by atoms with Gasteiger partial charge in [-0.1, -0.05) is 35.9 Å². The number of hydrogen-bond donors (Lipinski definition) is 1. The van der Waals surface area contributed by atoms with Crippen molar-refractivity contribution in [2.45, 2.75) is 18.9 Å². The highest BCUT2D eigenvalue weighted by Crippen LogP contribution is 2.39. The Hall–Kier alpha value is -2.66. The van der Waals surface area contributed by atoms with Crippen LogP contribution in [0.5, 0.6) is 11.5 Å². The van der Waals surface area contributed by atoms with Crippen LogP contribution >= 0.6 is 11.6 Å². The maximum Gasteiger partial charge on any atom is 0.272 e.